The van der Waals surface area contributed by atoms with E-state index >= 15 is 0 Å². The van der Waals surface area contributed by atoms with Crippen LogP contribution < -0.4 is 15.4 Å². The highest BCUT2D eigenvalue weighted by molar-refractivity contribution is 6.30. The van der Waals surface area contributed by atoms with Crippen molar-refractivity contribution < 1.29 is 9.53 Å². The largest absolute Gasteiger partial charge is 0.439 e. The molecule has 1 aromatic heterocycles. The molecule has 4 rings (SSSR count). The molecule has 124 valence electrons. The van der Waals surface area contributed by atoms with Crippen molar-refractivity contribution >= 4 is 17.5 Å². The second-order valence-electron chi connectivity index (χ2n) is 6.36. The average Bonchev–Trinajstić information content (AvgIpc) is 3.20. The Morgan fingerprint density at radius 3 is 2.67 bits per heavy atom. The Balaban J connectivity index is 1.38. The van der Waals surface area contributed by atoms with E-state index in [1.165, 1.54) is 12.6 Å². The number of ether oxygens (including phenoxy) is 1. The number of pyridine rings is 1. The van der Waals surface area contributed by atoms with Gasteiger partial charge in [0.2, 0.25) is 5.88 Å². The number of fused-ring (bicyclic) bond motifs is 2. The molecule has 1 saturated heterocycles. The molecule has 0 spiro atoms. The number of amides is 1. The van der Waals surface area contributed by atoms with E-state index in [4.69, 9.17) is 16.3 Å². The number of aromatic nitrogens is 1. The summed E-state index contributed by atoms with van der Waals surface area (Å²) in [6.07, 6.45) is 3.73. The molecular formula is C18H18ClN3O2. The fourth-order valence-corrected chi connectivity index (χ4v) is 3.59. The van der Waals surface area contributed by atoms with Gasteiger partial charge in [0.15, 0.2) is 0 Å². The molecule has 5 nitrogen and oxygen atoms in total. The fourth-order valence-electron chi connectivity index (χ4n) is 3.48. The van der Waals surface area contributed by atoms with Crippen LogP contribution in [0.25, 0.3) is 0 Å². The van der Waals surface area contributed by atoms with E-state index < -0.39 is 0 Å². The Bertz CT molecular complexity index is 733. The van der Waals surface area contributed by atoms with Crippen molar-refractivity contribution in [2.75, 3.05) is 6.54 Å². The first-order valence-corrected chi connectivity index (χ1v) is 8.49. The van der Waals surface area contributed by atoms with Gasteiger partial charge < -0.3 is 15.4 Å². The zero-order valence-electron chi connectivity index (χ0n) is 13.0. The number of nitrogens with zero attached hydrogens (tertiary/aromatic N) is 1. The van der Waals surface area contributed by atoms with Crippen molar-refractivity contribution in [3.8, 4) is 11.6 Å². The van der Waals surface area contributed by atoms with Crippen LogP contribution in [0, 0.1) is 5.92 Å². The van der Waals surface area contributed by atoms with Gasteiger partial charge in [-0.05, 0) is 49.1 Å². The molecule has 1 amide bonds. The van der Waals surface area contributed by atoms with Gasteiger partial charge in [0, 0.05) is 36.5 Å². The number of halogens is 1. The van der Waals surface area contributed by atoms with Crippen LogP contribution in [0.4, 0.5) is 0 Å². The number of hydrogen-bond donors (Lipinski definition) is 2. The van der Waals surface area contributed by atoms with E-state index in [-0.39, 0.29) is 11.9 Å². The molecule has 2 bridgehead atoms. The topological polar surface area (TPSA) is 63.2 Å². The molecule has 2 aromatic rings. The predicted molar refractivity (Wildman–Crippen MR) is 91.5 cm³/mol. The fraction of sp³-hybridized carbons (Fsp3) is 0.333. The van der Waals surface area contributed by atoms with Gasteiger partial charge in [-0.25, -0.2) is 4.98 Å². The van der Waals surface area contributed by atoms with Gasteiger partial charge in [0.25, 0.3) is 5.91 Å². The molecular weight excluding hydrogens is 326 g/mol. The lowest BCUT2D eigenvalue weighted by atomic mass is 10.0. The molecule has 3 atom stereocenters. The van der Waals surface area contributed by atoms with Crippen LogP contribution in [-0.2, 0) is 0 Å². The molecule has 1 aromatic carbocycles. The molecule has 1 saturated carbocycles. The highest BCUT2D eigenvalue weighted by Crippen LogP contribution is 2.31. The van der Waals surface area contributed by atoms with Crippen molar-refractivity contribution in [3.05, 3.63) is 53.2 Å². The quantitative estimate of drug-likeness (QED) is 0.895. The minimum atomic E-state index is -0.0243. The Hall–Kier alpha value is -2.11. The van der Waals surface area contributed by atoms with Gasteiger partial charge in [-0.1, -0.05) is 11.6 Å². The maximum absolute atomic E-state index is 12.4. The molecule has 2 fully saturated rings. The second-order valence-corrected chi connectivity index (χ2v) is 6.79. The zero-order chi connectivity index (χ0) is 16.5. The predicted octanol–water partition coefficient (Wildman–Crippen LogP) is 3.01. The van der Waals surface area contributed by atoms with Crippen LogP contribution in [0.2, 0.25) is 5.02 Å². The molecule has 24 heavy (non-hydrogen) atoms. The molecule has 1 aliphatic heterocycles. The summed E-state index contributed by atoms with van der Waals surface area (Å²) in [4.78, 5) is 16.5. The lowest BCUT2D eigenvalue weighted by molar-refractivity contribution is 0.0925. The van der Waals surface area contributed by atoms with Crippen LogP contribution in [0.1, 0.15) is 23.2 Å². The molecule has 6 heteroatoms. The van der Waals surface area contributed by atoms with Crippen molar-refractivity contribution in [2.24, 2.45) is 5.92 Å². The summed E-state index contributed by atoms with van der Waals surface area (Å²) in [5, 5.41) is 7.17. The summed E-state index contributed by atoms with van der Waals surface area (Å²) in [6, 6.07) is 11.4. The third kappa shape index (κ3) is 3.23. The summed E-state index contributed by atoms with van der Waals surface area (Å²) in [5.41, 5.74) is 0.641. The van der Waals surface area contributed by atoms with Crippen LogP contribution >= 0.6 is 11.6 Å². The zero-order valence-corrected chi connectivity index (χ0v) is 13.8. The van der Waals surface area contributed by atoms with E-state index in [1.54, 1.807) is 36.4 Å². The maximum atomic E-state index is 12.4. The smallest absolute Gasteiger partial charge is 0.251 e. The van der Waals surface area contributed by atoms with Crippen molar-refractivity contribution in [3.63, 3.8) is 0 Å². The minimum Gasteiger partial charge on any atom is -0.439 e. The van der Waals surface area contributed by atoms with Crippen LogP contribution in [0.15, 0.2) is 42.6 Å². The van der Waals surface area contributed by atoms with Gasteiger partial charge in [-0.3, -0.25) is 4.79 Å². The lowest BCUT2D eigenvalue weighted by Crippen LogP contribution is -2.44. The second kappa shape index (κ2) is 6.42. The third-order valence-corrected chi connectivity index (χ3v) is 4.94. The van der Waals surface area contributed by atoms with Crippen LogP contribution in [0.3, 0.4) is 0 Å². The van der Waals surface area contributed by atoms with E-state index in [0.29, 0.717) is 34.2 Å². The molecule has 0 radical (unpaired) electrons. The van der Waals surface area contributed by atoms with Crippen molar-refractivity contribution in [1.29, 1.82) is 0 Å². The Morgan fingerprint density at radius 2 is 2.04 bits per heavy atom. The van der Waals surface area contributed by atoms with Gasteiger partial charge in [0.05, 0.1) is 5.02 Å². The van der Waals surface area contributed by atoms with Gasteiger partial charge >= 0.3 is 0 Å². The number of piperidine rings is 1. The number of rotatable bonds is 4. The summed E-state index contributed by atoms with van der Waals surface area (Å²) in [6.45, 7) is 1.01. The normalized spacial score (nSPS) is 24.8. The number of carbonyl (C=O) groups excluding carboxylic acids is 1. The molecule has 3 unspecified atom stereocenters. The SMILES string of the molecule is O=C(NC1CC2CC1CN2)c1ccc(Oc2ccc(Cl)cn2)cc1. The van der Waals surface area contributed by atoms with Gasteiger partial charge in [-0.2, -0.15) is 0 Å². The first kappa shape index (κ1) is 15.4. The Labute approximate surface area is 145 Å². The summed E-state index contributed by atoms with van der Waals surface area (Å²) < 4.78 is 5.63. The lowest BCUT2D eigenvalue weighted by Gasteiger charge is -2.23. The first-order valence-electron chi connectivity index (χ1n) is 8.11. The highest BCUT2D eigenvalue weighted by Gasteiger charge is 2.39. The number of hydrogen-bond acceptors (Lipinski definition) is 4. The van der Waals surface area contributed by atoms with E-state index in [9.17, 15) is 4.79 Å². The molecule has 1 aliphatic carbocycles. The average molecular weight is 344 g/mol. The standard InChI is InChI=1S/C18H18ClN3O2/c19-13-3-6-17(21-10-13)24-15-4-1-11(2-5-15)18(23)22-16-8-14-7-12(16)9-20-14/h1-6,10,12,14,16,20H,7-9H2,(H,22,23). The summed E-state index contributed by atoms with van der Waals surface area (Å²) in [5.74, 6) is 1.64. The maximum Gasteiger partial charge on any atom is 0.251 e. The Kier molecular flexibility index (Phi) is 4.12. The minimum absolute atomic E-state index is 0.0243. The molecule has 2 aliphatic rings. The van der Waals surface area contributed by atoms with E-state index in [2.05, 4.69) is 15.6 Å². The van der Waals surface area contributed by atoms with Crippen LogP contribution in [0.5, 0.6) is 11.6 Å². The third-order valence-electron chi connectivity index (χ3n) is 4.72. The molecule has 2 N–H and O–H groups in total. The van der Waals surface area contributed by atoms with Gasteiger partial charge in [-0.15, -0.1) is 0 Å². The van der Waals surface area contributed by atoms with Crippen molar-refractivity contribution in [2.45, 2.75) is 24.9 Å². The van der Waals surface area contributed by atoms with Crippen LogP contribution in [-0.4, -0.2) is 29.5 Å². The molecule has 2 heterocycles. The van der Waals surface area contributed by atoms with Crippen molar-refractivity contribution in [1.82, 2.24) is 15.6 Å². The monoisotopic (exact) mass is 343 g/mol. The Morgan fingerprint density at radius 1 is 1.21 bits per heavy atom. The first-order chi connectivity index (χ1) is 11.7. The number of benzene rings is 1. The number of carbonyl (C=O) groups is 1. The summed E-state index contributed by atoms with van der Waals surface area (Å²) in [7, 11) is 0. The summed E-state index contributed by atoms with van der Waals surface area (Å²) >= 11 is 5.80. The van der Waals surface area contributed by atoms with Gasteiger partial charge in [0.1, 0.15) is 5.75 Å². The number of nitrogens with one attached hydrogen (secondary N) is 2. The van der Waals surface area contributed by atoms with E-state index in [1.807, 2.05) is 0 Å². The van der Waals surface area contributed by atoms with E-state index in [0.717, 1.165) is 13.0 Å². The highest BCUT2D eigenvalue weighted by atomic mass is 35.5.